The van der Waals surface area contributed by atoms with Crippen molar-refractivity contribution in [3.8, 4) is 0 Å². The minimum absolute atomic E-state index is 0.241. The zero-order valence-corrected chi connectivity index (χ0v) is 14.6. The zero-order valence-electron chi connectivity index (χ0n) is 14.6. The average molecular weight is 339 g/mol. The molecule has 25 heavy (non-hydrogen) atoms. The number of pyridine rings is 1. The topological polar surface area (TPSA) is 71.1 Å². The maximum absolute atomic E-state index is 12.2. The molecule has 2 N–H and O–H groups in total. The Kier molecular flexibility index (Phi) is 7.63. The lowest BCUT2D eigenvalue weighted by molar-refractivity contribution is 0.0944. The molecule has 0 saturated carbocycles. The van der Waals surface area contributed by atoms with Gasteiger partial charge in [-0.1, -0.05) is 56.2 Å². The standard InChI is InChI=1S/C20H25N3O2/c1-2-3-7-14-21-19(24)17-11-8-12-18(23-17)20(25)22-15-13-16-9-5-4-6-10-16/h4-6,8-12H,2-3,7,13-15H2,1H3,(H,21,24)(H,22,25). The van der Waals surface area contributed by atoms with Gasteiger partial charge in [-0.3, -0.25) is 9.59 Å². The molecule has 0 saturated heterocycles. The van der Waals surface area contributed by atoms with E-state index in [0.29, 0.717) is 13.1 Å². The van der Waals surface area contributed by atoms with Crippen molar-refractivity contribution in [2.75, 3.05) is 13.1 Å². The van der Waals surface area contributed by atoms with Gasteiger partial charge in [-0.15, -0.1) is 0 Å². The lowest BCUT2D eigenvalue weighted by Gasteiger charge is -2.07. The summed E-state index contributed by atoms with van der Waals surface area (Å²) in [5.41, 5.74) is 1.69. The molecular formula is C20H25N3O2. The van der Waals surface area contributed by atoms with Gasteiger partial charge >= 0.3 is 0 Å². The maximum Gasteiger partial charge on any atom is 0.269 e. The van der Waals surface area contributed by atoms with E-state index in [1.54, 1.807) is 18.2 Å². The molecule has 2 rings (SSSR count). The molecule has 0 unspecified atom stereocenters. The number of rotatable bonds is 9. The van der Waals surface area contributed by atoms with E-state index in [1.165, 1.54) is 0 Å². The Hall–Kier alpha value is -2.69. The van der Waals surface area contributed by atoms with Crippen molar-refractivity contribution in [1.82, 2.24) is 15.6 Å². The number of unbranched alkanes of at least 4 members (excludes halogenated alkanes) is 2. The van der Waals surface area contributed by atoms with E-state index in [-0.39, 0.29) is 23.2 Å². The first-order valence-electron chi connectivity index (χ1n) is 8.78. The Morgan fingerprint density at radius 1 is 0.840 bits per heavy atom. The summed E-state index contributed by atoms with van der Waals surface area (Å²) in [5.74, 6) is -0.508. The second-order valence-electron chi connectivity index (χ2n) is 5.86. The van der Waals surface area contributed by atoms with Crippen molar-refractivity contribution in [2.24, 2.45) is 0 Å². The van der Waals surface area contributed by atoms with Crippen LogP contribution in [0.1, 0.15) is 52.7 Å². The van der Waals surface area contributed by atoms with Crippen LogP contribution in [-0.4, -0.2) is 29.9 Å². The van der Waals surface area contributed by atoms with Crippen LogP contribution in [-0.2, 0) is 6.42 Å². The van der Waals surface area contributed by atoms with Gasteiger partial charge in [0, 0.05) is 13.1 Å². The van der Waals surface area contributed by atoms with Crippen LogP contribution in [0.4, 0.5) is 0 Å². The van der Waals surface area contributed by atoms with Crippen LogP contribution < -0.4 is 10.6 Å². The van der Waals surface area contributed by atoms with Crippen molar-refractivity contribution < 1.29 is 9.59 Å². The van der Waals surface area contributed by atoms with E-state index in [1.807, 2.05) is 30.3 Å². The molecule has 1 aromatic heterocycles. The summed E-state index contributed by atoms with van der Waals surface area (Å²) in [7, 11) is 0. The van der Waals surface area contributed by atoms with Gasteiger partial charge in [0.15, 0.2) is 0 Å². The number of amides is 2. The minimum Gasteiger partial charge on any atom is -0.351 e. The number of nitrogens with zero attached hydrogens (tertiary/aromatic N) is 1. The number of hydrogen-bond acceptors (Lipinski definition) is 3. The zero-order chi connectivity index (χ0) is 17.9. The predicted octanol–water partition coefficient (Wildman–Crippen LogP) is 2.97. The van der Waals surface area contributed by atoms with E-state index < -0.39 is 0 Å². The smallest absolute Gasteiger partial charge is 0.269 e. The Morgan fingerprint density at radius 3 is 2.12 bits per heavy atom. The van der Waals surface area contributed by atoms with Crippen molar-refractivity contribution in [1.29, 1.82) is 0 Å². The third-order valence-corrected chi connectivity index (χ3v) is 3.82. The average Bonchev–Trinajstić information content (AvgIpc) is 2.66. The van der Waals surface area contributed by atoms with Gasteiger partial charge in [0.1, 0.15) is 11.4 Å². The summed E-state index contributed by atoms with van der Waals surface area (Å²) < 4.78 is 0. The van der Waals surface area contributed by atoms with Gasteiger partial charge in [-0.25, -0.2) is 4.98 Å². The Balaban J connectivity index is 1.84. The number of benzene rings is 1. The molecule has 2 aromatic rings. The van der Waals surface area contributed by atoms with Crippen LogP contribution >= 0.6 is 0 Å². The first kappa shape index (κ1) is 18.6. The molecule has 1 heterocycles. The molecule has 1 aromatic carbocycles. The highest BCUT2D eigenvalue weighted by Crippen LogP contribution is 2.02. The lowest BCUT2D eigenvalue weighted by Crippen LogP contribution is -2.29. The van der Waals surface area contributed by atoms with Gasteiger partial charge in [-0.2, -0.15) is 0 Å². The van der Waals surface area contributed by atoms with Crippen molar-refractivity contribution in [2.45, 2.75) is 32.6 Å². The third kappa shape index (κ3) is 6.37. The van der Waals surface area contributed by atoms with Crippen LogP contribution in [0.25, 0.3) is 0 Å². The van der Waals surface area contributed by atoms with E-state index in [0.717, 1.165) is 31.2 Å². The maximum atomic E-state index is 12.2. The Morgan fingerprint density at radius 2 is 1.48 bits per heavy atom. The second kappa shape index (κ2) is 10.2. The fraction of sp³-hybridized carbons (Fsp3) is 0.350. The SMILES string of the molecule is CCCCCNC(=O)c1cccc(C(=O)NCCc2ccccc2)n1. The summed E-state index contributed by atoms with van der Waals surface area (Å²) in [6, 6.07) is 14.9. The molecule has 0 fully saturated rings. The van der Waals surface area contributed by atoms with Gasteiger partial charge in [0.2, 0.25) is 0 Å². The molecule has 0 atom stereocenters. The highest BCUT2D eigenvalue weighted by Gasteiger charge is 2.11. The Bertz CT molecular complexity index is 686. The molecule has 0 bridgehead atoms. The molecule has 0 aliphatic rings. The summed E-state index contributed by atoms with van der Waals surface area (Å²) in [5, 5.41) is 5.67. The number of aromatic nitrogens is 1. The quantitative estimate of drug-likeness (QED) is 0.690. The Labute approximate surface area is 148 Å². The van der Waals surface area contributed by atoms with Crippen LogP contribution in [0.2, 0.25) is 0 Å². The minimum atomic E-state index is -0.267. The predicted molar refractivity (Wildman–Crippen MR) is 98.6 cm³/mol. The highest BCUT2D eigenvalue weighted by molar-refractivity contribution is 5.96. The van der Waals surface area contributed by atoms with Gasteiger partial charge in [0.05, 0.1) is 0 Å². The molecular weight excluding hydrogens is 314 g/mol. The van der Waals surface area contributed by atoms with E-state index in [4.69, 9.17) is 0 Å². The molecule has 0 spiro atoms. The first-order chi connectivity index (χ1) is 12.2. The number of carbonyl (C=O) groups excluding carboxylic acids is 2. The number of hydrogen-bond donors (Lipinski definition) is 2. The van der Waals surface area contributed by atoms with Gasteiger partial charge < -0.3 is 10.6 Å². The third-order valence-electron chi connectivity index (χ3n) is 3.82. The molecule has 2 amide bonds. The molecule has 5 nitrogen and oxygen atoms in total. The monoisotopic (exact) mass is 339 g/mol. The van der Waals surface area contributed by atoms with E-state index in [9.17, 15) is 9.59 Å². The molecule has 0 radical (unpaired) electrons. The van der Waals surface area contributed by atoms with Gasteiger partial charge in [-0.05, 0) is 30.5 Å². The first-order valence-corrected chi connectivity index (χ1v) is 8.78. The van der Waals surface area contributed by atoms with Crippen LogP contribution in [0.15, 0.2) is 48.5 Å². The fourth-order valence-electron chi connectivity index (χ4n) is 2.41. The largest absolute Gasteiger partial charge is 0.351 e. The van der Waals surface area contributed by atoms with Gasteiger partial charge in [0.25, 0.3) is 11.8 Å². The second-order valence-corrected chi connectivity index (χ2v) is 5.86. The highest BCUT2D eigenvalue weighted by atomic mass is 16.2. The van der Waals surface area contributed by atoms with Crippen LogP contribution in [0.5, 0.6) is 0 Å². The molecule has 0 aliphatic carbocycles. The van der Waals surface area contributed by atoms with Crippen LogP contribution in [0.3, 0.4) is 0 Å². The summed E-state index contributed by atoms with van der Waals surface area (Å²) in [6.07, 6.45) is 3.89. The normalized spacial score (nSPS) is 10.3. The molecule has 5 heteroatoms. The fourth-order valence-corrected chi connectivity index (χ4v) is 2.41. The molecule has 132 valence electrons. The van der Waals surface area contributed by atoms with Crippen molar-refractivity contribution >= 4 is 11.8 Å². The van der Waals surface area contributed by atoms with E-state index in [2.05, 4.69) is 22.5 Å². The van der Waals surface area contributed by atoms with E-state index >= 15 is 0 Å². The molecule has 0 aliphatic heterocycles. The lowest BCUT2D eigenvalue weighted by atomic mass is 10.1. The summed E-state index contributed by atoms with van der Waals surface area (Å²) in [6.45, 7) is 3.27. The van der Waals surface area contributed by atoms with Crippen molar-refractivity contribution in [3.05, 3.63) is 65.5 Å². The van der Waals surface area contributed by atoms with Crippen molar-refractivity contribution in [3.63, 3.8) is 0 Å². The number of nitrogens with one attached hydrogen (secondary N) is 2. The summed E-state index contributed by atoms with van der Waals surface area (Å²) >= 11 is 0. The van der Waals surface area contributed by atoms with Crippen LogP contribution in [0, 0.1) is 0 Å². The summed E-state index contributed by atoms with van der Waals surface area (Å²) in [4.78, 5) is 28.5. The number of carbonyl (C=O) groups is 2.